The highest BCUT2D eigenvalue weighted by Gasteiger charge is 2.37. The number of amides is 1. The van der Waals surface area contributed by atoms with Gasteiger partial charge in [0.1, 0.15) is 0 Å². The second-order valence-corrected chi connectivity index (χ2v) is 7.06. The lowest BCUT2D eigenvalue weighted by atomic mass is 9.94. The Bertz CT molecular complexity index is 1060. The summed E-state index contributed by atoms with van der Waals surface area (Å²) in [7, 11) is 0. The summed E-state index contributed by atoms with van der Waals surface area (Å²) in [6.45, 7) is 5.45. The van der Waals surface area contributed by atoms with Crippen LogP contribution >= 0.6 is 0 Å². The Morgan fingerprint density at radius 1 is 1.34 bits per heavy atom. The van der Waals surface area contributed by atoms with Gasteiger partial charge in [-0.25, -0.2) is 9.50 Å². The maximum Gasteiger partial charge on any atom is 0.453 e. The molecule has 1 aliphatic heterocycles. The normalized spacial score (nSPS) is 17.8. The Kier molecular flexibility index (Phi) is 4.75. The minimum absolute atomic E-state index is 0.0988. The highest BCUT2D eigenvalue weighted by Crippen LogP contribution is 2.30. The molecule has 0 bridgehead atoms. The van der Waals surface area contributed by atoms with E-state index in [0.717, 1.165) is 23.1 Å². The van der Waals surface area contributed by atoms with Crippen molar-refractivity contribution in [2.75, 3.05) is 13.1 Å². The van der Waals surface area contributed by atoms with Gasteiger partial charge in [-0.1, -0.05) is 0 Å². The van der Waals surface area contributed by atoms with Crippen LogP contribution in [-0.2, 0) is 12.7 Å². The molecule has 8 nitrogen and oxygen atoms in total. The van der Waals surface area contributed by atoms with Gasteiger partial charge < -0.3 is 4.90 Å². The van der Waals surface area contributed by atoms with Gasteiger partial charge in [-0.05, 0) is 32.8 Å². The van der Waals surface area contributed by atoms with Crippen LogP contribution in [0.4, 0.5) is 13.2 Å². The standard InChI is InChI=1S/C18H20F3N7O/c1-3-27-11(2)13(9-23-27)15(29)26-8-4-5-12(10-26)14-6-7-22-17-24-16(18(19,20)21)25-28(14)17/h6-7,9,12H,3-5,8,10H2,1-2H3. The number of aromatic nitrogens is 6. The average Bonchev–Trinajstić information content (AvgIpc) is 3.30. The topological polar surface area (TPSA) is 81.2 Å². The summed E-state index contributed by atoms with van der Waals surface area (Å²) in [6, 6.07) is 1.64. The molecule has 1 atom stereocenters. The fraction of sp³-hybridized carbons (Fsp3) is 0.500. The van der Waals surface area contributed by atoms with E-state index in [0.29, 0.717) is 30.9 Å². The molecule has 0 aliphatic carbocycles. The fourth-order valence-electron chi connectivity index (χ4n) is 3.79. The summed E-state index contributed by atoms with van der Waals surface area (Å²) in [6.07, 6.45) is -0.173. The number of hydrogen-bond donors (Lipinski definition) is 0. The van der Waals surface area contributed by atoms with Crippen molar-refractivity contribution in [1.29, 1.82) is 0 Å². The monoisotopic (exact) mass is 407 g/mol. The zero-order valence-corrected chi connectivity index (χ0v) is 16.0. The molecular weight excluding hydrogens is 387 g/mol. The van der Waals surface area contributed by atoms with Crippen molar-refractivity contribution in [1.82, 2.24) is 34.3 Å². The highest BCUT2D eigenvalue weighted by molar-refractivity contribution is 5.95. The molecule has 1 fully saturated rings. The number of rotatable bonds is 3. The van der Waals surface area contributed by atoms with Crippen molar-refractivity contribution in [3.05, 3.63) is 41.2 Å². The number of hydrogen-bond acceptors (Lipinski definition) is 5. The van der Waals surface area contributed by atoms with Crippen LogP contribution in [0.5, 0.6) is 0 Å². The lowest BCUT2D eigenvalue weighted by Gasteiger charge is -2.32. The Balaban J connectivity index is 1.62. The molecule has 4 rings (SSSR count). The first kappa shape index (κ1) is 19.3. The van der Waals surface area contributed by atoms with Crippen molar-refractivity contribution in [3.8, 4) is 0 Å². The molecule has 1 amide bonds. The third-order valence-corrected chi connectivity index (χ3v) is 5.28. The summed E-state index contributed by atoms with van der Waals surface area (Å²) in [5.41, 5.74) is 1.92. The first-order valence-corrected chi connectivity index (χ1v) is 9.40. The van der Waals surface area contributed by atoms with Crippen LogP contribution < -0.4 is 0 Å². The fourth-order valence-corrected chi connectivity index (χ4v) is 3.79. The molecule has 0 aromatic carbocycles. The zero-order valence-electron chi connectivity index (χ0n) is 16.0. The Labute approximate surface area is 164 Å². The summed E-state index contributed by atoms with van der Waals surface area (Å²) >= 11 is 0. The van der Waals surface area contributed by atoms with Crippen LogP contribution in [0.3, 0.4) is 0 Å². The number of aryl methyl sites for hydroxylation is 1. The molecule has 3 aromatic heterocycles. The van der Waals surface area contributed by atoms with Crippen LogP contribution in [0.25, 0.3) is 5.78 Å². The first-order chi connectivity index (χ1) is 13.8. The average molecular weight is 407 g/mol. The van der Waals surface area contributed by atoms with Gasteiger partial charge in [0.25, 0.3) is 17.5 Å². The molecule has 29 heavy (non-hydrogen) atoms. The van der Waals surface area contributed by atoms with Crippen LogP contribution in [0.15, 0.2) is 18.5 Å². The molecule has 11 heteroatoms. The lowest BCUT2D eigenvalue weighted by Crippen LogP contribution is -2.39. The molecule has 3 aromatic rings. The van der Waals surface area contributed by atoms with Gasteiger partial charge in [-0.15, -0.1) is 5.10 Å². The van der Waals surface area contributed by atoms with Crippen LogP contribution in [0, 0.1) is 6.92 Å². The molecule has 154 valence electrons. The quantitative estimate of drug-likeness (QED) is 0.667. The van der Waals surface area contributed by atoms with Gasteiger partial charge in [-0.3, -0.25) is 9.48 Å². The van der Waals surface area contributed by atoms with Crippen molar-refractivity contribution in [2.45, 2.75) is 45.3 Å². The number of carbonyl (C=O) groups excluding carboxylic acids is 1. The molecule has 1 saturated heterocycles. The largest absolute Gasteiger partial charge is 0.453 e. The molecule has 1 unspecified atom stereocenters. The Hall–Kier alpha value is -2.98. The third-order valence-electron chi connectivity index (χ3n) is 5.28. The smallest absolute Gasteiger partial charge is 0.338 e. The predicted octanol–water partition coefficient (Wildman–Crippen LogP) is 2.69. The van der Waals surface area contributed by atoms with Gasteiger partial charge >= 0.3 is 6.18 Å². The summed E-state index contributed by atoms with van der Waals surface area (Å²) in [5, 5.41) is 7.84. The number of nitrogens with zero attached hydrogens (tertiary/aromatic N) is 7. The van der Waals surface area contributed by atoms with Crippen LogP contribution in [0.1, 0.15) is 53.3 Å². The maximum atomic E-state index is 13.0. The SMILES string of the molecule is CCn1ncc(C(=O)N2CCCC(c3ccnc4nc(C(F)(F)F)nn34)C2)c1C. The minimum atomic E-state index is -4.64. The van der Waals surface area contributed by atoms with E-state index >= 15 is 0 Å². The second kappa shape index (κ2) is 7.12. The van der Waals surface area contributed by atoms with Gasteiger partial charge in [0.2, 0.25) is 0 Å². The third kappa shape index (κ3) is 3.45. The zero-order chi connectivity index (χ0) is 20.8. The first-order valence-electron chi connectivity index (χ1n) is 9.40. The summed E-state index contributed by atoms with van der Waals surface area (Å²) < 4.78 is 41.9. The molecule has 0 spiro atoms. The minimum Gasteiger partial charge on any atom is -0.338 e. The Morgan fingerprint density at radius 3 is 2.83 bits per heavy atom. The van der Waals surface area contributed by atoms with E-state index in [1.807, 2.05) is 13.8 Å². The van der Waals surface area contributed by atoms with E-state index in [9.17, 15) is 18.0 Å². The number of halogens is 3. The van der Waals surface area contributed by atoms with E-state index < -0.39 is 12.0 Å². The number of likely N-dealkylation sites (tertiary alicyclic amines) is 1. The van der Waals surface area contributed by atoms with Crippen LogP contribution in [0.2, 0.25) is 0 Å². The molecular formula is C18H20F3N7O. The van der Waals surface area contributed by atoms with E-state index in [2.05, 4.69) is 20.2 Å². The molecule has 0 N–H and O–H groups in total. The van der Waals surface area contributed by atoms with E-state index in [1.54, 1.807) is 21.8 Å². The van der Waals surface area contributed by atoms with Gasteiger partial charge in [0.15, 0.2) is 0 Å². The number of fused-ring (bicyclic) bond motifs is 1. The maximum absolute atomic E-state index is 13.0. The van der Waals surface area contributed by atoms with Crippen molar-refractivity contribution >= 4 is 11.7 Å². The molecule has 0 saturated carbocycles. The van der Waals surface area contributed by atoms with E-state index in [4.69, 9.17) is 0 Å². The van der Waals surface area contributed by atoms with Gasteiger partial charge in [-0.2, -0.15) is 23.3 Å². The number of piperidine rings is 1. The second-order valence-electron chi connectivity index (χ2n) is 7.06. The van der Waals surface area contributed by atoms with Crippen molar-refractivity contribution < 1.29 is 18.0 Å². The van der Waals surface area contributed by atoms with E-state index in [-0.39, 0.29) is 17.6 Å². The Morgan fingerprint density at radius 2 is 2.14 bits per heavy atom. The molecule has 4 heterocycles. The van der Waals surface area contributed by atoms with Gasteiger partial charge in [0.05, 0.1) is 17.5 Å². The van der Waals surface area contributed by atoms with Crippen molar-refractivity contribution in [2.24, 2.45) is 0 Å². The summed E-state index contributed by atoms with van der Waals surface area (Å²) in [5.74, 6) is -1.60. The highest BCUT2D eigenvalue weighted by atomic mass is 19.4. The predicted molar refractivity (Wildman–Crippen MR) is 96.3 cm³/mol. The van der Waals surface area contributed by atoms with Crippen LogP contribution in [-0.4, -0.2) is 53.3 Å². The van der Waals surface area contributed by atoms with Crippen molar-refractivity contribution in [3.63, 3.8) is 0 Å². The molecule has 0 radical (unpaired) electrons. The number of carbonyl (C=O) groups is 1. The lowest BCUT2D eigenvalue weighted by molar-refractivity contribution is -0.144. The van der Waals surface area contributed by atoms with E-state index in [1.165, 1.54) is 6.20 Å². The summed E-state index contributed by atoms with van der Waals surface area (Å²) in [4.78, 5) is 22.1. The number of alkyl halides is 3. The van der Waals surface area contributed by atoms with Gasteiger partial charge in [0, 0.05) is 37.4 Å². The molecule has 1 aliphatic rings.